The second-order valence-corrected chi connectivity index (χ2v) is 5.47. The molecular formula is C16H17BrN2O3. The van der Waals surface area contributed by atoms with Crippen LogP contribution in [0.1, 0.15) is 13.8 Å². The average molecular weight is 365 g/mol. The van der Waals surface area contributed by atoms with E-state index in [0.717, 1.165) is 10.2 Å². The van der Waals surface area contributed by atoms with Crippen LogP contribution in [0.3, 0.4) is 0 Å². The molecule has 2 aromatic rings. The fraction of sp³-hybridized carbons (Fsp3) is 0.250. The van der Waals surface area contributed by atoms with Gasteiger partial charge in [-0.05, 0) is 60.1 Å². The van der Waals surface area contributed by atoms with Crippen LogP contribution in [-0.2, 0) is 9.53 Å². The van der Waals surface area contributed by atoms with Gasteiger partial charge in [-0.1, -0.05) is 0 Å². The molecule has 1 unspecified atom stereocenters. The van der Waals surface area contributed by atoms with E-state index in [-0.39, 0.29) is 5.97 Å². The minimum Gasteiger partial charge on any atom is -0.464 e. The molecule has 6 heteroatoms. The van der Waals surface area contributed by atoms with E-state index in [1.807, 2.05) is 30.3 Å². The summed E-state index contributed by atoms with van der Waals surface area (Å²) >= 11 is 3.32. The number of hydrogen-bond donors (Lipinski definition) is 1. The zero-order chi connectivity index (χ0) is 15.9. The second-order valence-electron chi connectivity index (χ2n) is 4.56. The number of nitrogens with zero attached hydrogens (tertiary/aromatic N) is 1. The Labute approximate surface area is 137 Å². The zero-order valence-corrected chi connectivity index (χ0v) is 14.0. The Bertz CT molecular complexity index is 614. The minimum absolute atomic E-state index is 0.276. The predicted molar refractivity (Wildman–Crippen MR) is 88.2 cm³/mol. The maximum absolute atomic E-state index is 11.6. The molecular weight excluding hydrogens is 348 g/mol. The van der Waals surface area contributed by atoms with Gasteiger partial charge in [0.1, 0.15) is 11.8 Å². The van der Waals surface area contributed by atoms with E-state index in [1.54, 1.807) is 26.1 Å². The summed E-state index contributed by atoms with van der Waals surface area (Å²) in [6.45, 7) is 3.92. The van der Waals surface area contributed by atoms with Crippen molar-refractivity contribution in [2.75, 3.05) is 11.9 Å². The Morgan fingerprint density at radius 1 is 1.27 bits per heavy atom. The zero-order valence-electron chi connectivity index (χ0n) is 12.4. The molecule has 2 rings (SSSR count). The molecule has 22 heavy (non-hydrogen) atoms. The summed E-state index contributed by atoms with van der Waals surface area (Å²) < 4.78 is 11.5. The Hall–Kier alpha value is -2.08. The van der Waals surface area contributed by atoms with E-state index >= 15 is 0 Å². The van der Waals surface area contributed by atoms with Crippen molar-refractivity contribution in [1.29, 1.82) is 0 Å². The lowest BCUT2D eigenvalue weighted by molar-refractivity contribution is -0.143. The van der Waals surface area contributed by atoms with Crippen LogP contribution in [0.15, 0.2) is 47.1 Å². The Morgan fingerprint density at radius 2 is 2.00 bits per heavy atom. The molecule has 1 aromatic carbocycles. The first-order valence-corrected chi connectivity index (χ1v) is 7.70. The number of hydrogen-bond acceptors (Lipinski definition) is 5. The van der Waals surface area contributed by atoms with Crippen molar-refractivity contribution in [2.24, 2.45) is 0 Å². The first-order chi connectivity index (χ1) is 10.6. The predicted octanol–water partition coefficient (Wildman–Crippen LogP) is 4.00. The number of benzene rings is 1. The Kier molecular flexibility index (Phi) is 5.77. The Balaban J connectivity index is 1.95. The topological polar surface area (TPSA) is 60.5 Å². The van der Waals surface area contributed by atoms with Crippen LogP contribution in [0.2, 0.25) is 0 Å². The number of pyridine rings is 1. The average Bonchev–Trinajstić information content (AvgIpc) is 2.51. The molecule has 0 saturated heterocycles. The van der Waals surface area contributed by atoms with Gasteiger partial charge in [0.05, 0.1) is 6.61 Å². The third kappa shape index (κ3) is 4.73. The summed E-state index contributed by atoms with van der Waals surface area (Å²) in [5, 5.41) is 3.07. The van der Waals surface area contributed by atoms with Gasteiger partial charge in [0, 0.05) is 22.4 Å². The smallest absolute Gasteiger partial charge is 0.328 e. The van der Waals surface area contributed by atoms with E-state index in [1.165, 1.54) is 0 Å². The first kappa shape index (κ1) is 16.3. The monoisotopic (exact) mass is 364 g/mol. The SMILES string of the molecule is CCOC(=O)C(C)Nc1ccc(Oc2ccc(Br)cn2)cc1. The van der Waals surface area contributed by atoms with Gasteiger partial charge in [-0.25, -0.2) is 9.78 Å². The number of esters is 1. The quantitative estimate of drug-likeness (QED) is 0.784. The number of aromatic nitrogens is 1. The second kappa shape index (κ2) is 7.79. The largest absolute Gasteiger partial charge is 0.464 e. The number of anilines is 1. The van der Waals surface area contributed by atoms with Gasteiger partial charge in [-0.2, -0.15) is 0 Å². The lowest BCUT2D eigenvalue weighted by Crippen LogP contribution is -2.28. The number of carbonyl (C=O) groups is 1. The minimum atomic E-state index is -0.403. The Morgan fingerprint density at radius 3 is 2.59 bits per heavy atom. The van der Waals surface area contributed by atoms with Gasteiger partial charge in [-0.15, -0.1) is 0 Å². The van der Waals surface area contributed by atoms with Crippen LogP contribution in [0.5, 0.6) is 11.6 Å². The van der Waals surface area contributed by atoms with E-state index in [9.17, 15) is 4.79 Å². The fourth-order valence-electron chi connectivity index (χ4n) is 1.74. The molecule has 0 fully saturated rings. The summed E-state index contributed by atoms with van der Waals surface area (Å²) in [7, 11) is 0. The maximum atomic E-state index is 11.6. The molecule has 116 valence electrons. The third-order valence-electron chi connectivity index (χ3n) is 2.80. The van der Waals surface area contributed by atoms with Crippen molar-refractivity contribution < 1.29 is 14.3 Å². The van der Waals surface area contributed by atoms with Crippen molar-refractivity contribution in [2.45, 2.75) is 19.9 Å². The fourth-order valence-corrected chi connectivity index (χ4v) is 1.97. The molecule has 1 aromatic heterocycles. The molecule has 0 aliphatic heterocycles. The van der Waals surface area contributed by atoms with Crippen LogP contribution in [0.25, 0.3) is 0 Å². The third-order valence-corrected chi connectivity index (χ3v) is 3.27. The van der Waals surface area contributed by atoms with Crippen LogP contribution >= 0.6 is 15.9 Å². The molecule has 0 amide bonds. The number of rotatable bonds is 6. The standard InChI is InChI=1S/C16H17BrN2O3/c1-3-21-16(20)11(2)19-13-5-7-14(8-6-13)22-15-9-4-12(17)10-18-15/h4-11,19H,3H2,1-2H3. The molecule has 1 heterocycles. The lowest BCUT2D eigenvalue weighted by atomic mass is 10.2. The van der Waals surface area contributed by atoms with Crippen LogP contribution in [-0.4, -0.2) is 23.6 Å². The van der Waals surface area contributed by atoms with Gasteiger partial charge >= 0.3 is 5.97 Å². The van der Waals surface area contributed by atoms with E-state index in [4.69, 9.17) is 9.47 Å². The highest BCUT2D eigenvalue weighted by Gasteiger charge is 2.13. The van der Waals surface area contributed by atoms with Crippen LogP contribution in [0, 0.1) is 0 Å². The molecule has 0 radical (unpaired) electrons. The summed E-state index contributed by atoms with van der Waals surface area (Å²) in [5.41, 5.74) is 0.816. The van der Waals surface area contributed by atoms with Gasteiger partial charge in [0.2, 0.25) is 5.88 Å². The van der Waals surface area contributed by atoms with E-state index < -0.39 is 6.04 Å². The number of halogens is 1. The summed E-state index contributed by atoms with van der Waals surface area (Å²) in [4.78, 5) is 15.7. The normalized spacial score (nSPS) is 11.6. The summed E-state index contributed by atoms with van der Waals surface area (Å²) in [6.07, 6.45) is 1.67. The van der Waals surface area contributed by atoms with E-state index in [0.29, 0.717) is 18.2 Å². The van der Waals surface area contributed by atoms with Gasteiger partial charge in [0.15, 0.2) is 0 Å². The van der Waals surface area contributed by atoms with Gasteiger partial charge in [-0.3, -0.25) is 0 Å². The number of carbonyl (C=O) groups excluding carboxylic acids is 1. The summed E-state index contributed by atoms with van der Waals surface area (Å²) in [6, 6.07) is 10.5. The molecule has 1 N–H and O–H groups in total. The number of nitrogens with one attached hydrogen (secondary N) is 1. The van der Waals surface area contributed by atoms with E-state index in [2.05, 4.69) is 26.2 Å². The van der Waals surface area contributed by atoms with Crippen molar-refractivity contribution in [3.05, 3.63) is 47.1 Å². The van der Waals surface area contributed by atoms with Crippen LogP contribution < -0.4 is 10.1 Å². The highest BCUT2D eigenvalue weighted by atomic mass is 79.9. The maximum Gasteiger partial charge on any atom is 0.328 e. The van der Waals surface area contributed by atoms with Crippen molar-refractivity contribution in [3.8, 4) is 11.6 Å². The highest BCUT2D eigenvalue weighted by Crippen LogP contribution is 2.22. The van der Waals surface area contributed by atoms with Gasteiger partial charge in [0.25, 0.3) is 0 Å². The highest BCUT2D eigenvalue weighted by molar-refractivity contribution is 9.10. The number of ether oxygens (including phenoxy) is 2. The molecule has 0 bridgehead atoms. The van der Waals surface area contributed by atoms with Crippen LogP contribution in [0.4, 0.5) is 5.69 Å². The lowest BCUT2D eigenvalue weighted by Gasteiger charge is -2.14. The molecule has 0 aliphatic carbocycles. The molecule has 0 saturated carbocycles. The molecule has 1 atom stereocenters. The molecule has 5 nitrogen and oxygen atoms in total. The molecule has 0 aliphatic rings. The van der Waals surface area contributed by atoms with Crippen molar-refractivity contribution >= 4 is 27.6 Å². The van der Waals surface area contributed by atoms with Crippen molar-refractivity contribution in [3.63, 3.8) is 0 Å². The van der Waals surface area contributed by atoms with Gasteiger partial charge < -0.3 is 14.8 Å². The molecule has 0 spiro atoms. The summed E-state index contributed by atoms with van der Waals surface area (Å²) in [5.74, 6) is 0.912. The first-order valence-electron chi connectivity index (χ1n) is 6.91. The van der Waals surface area contributed by atoms with Crippen molar-refractivity contribution in [1.82, 2.24) is 4.98 Å².